The number of hydrogen-bond acceptors (Lipinski definition) is 1. The molecule has 0 saturated carbocycles. The number of rotatable bonds is 2. The van der Waals surface area contributed by atoms with Gasteiger partial charge in [-0.05, 0) is 34.0 Å². The molecule has 0 aliphatic heterocycles. The first-order valence-corrected chi connectivity index (χ1v) is 11.2. The average Bonchev–Trinajstić information content (AvgIpc) is 2.80. The highest BCUT2D eigenvalue weighted by molar-refractivity contribution is 6.89. The van der Waals surface area contributed by atoms with Crippen LogP contribution in [0, 0.1) is 0 Å². The van der Waals surface area contributed by atoms with Crippen LogP contribution in [0.5, 0.6) is 0 Å². The third-order valence-electron chi connectivity index (χ3n) is 4.15. The first-order valence-electron chi connectivity index (χ1n) is 7.67. The summed E-state index contributed by atoms with van der Waals surface area (Å²) in [5, 5.41) is 0.697. The SMILES string of the molecule is C[Si](C)(C)C1=C(c2ccccc2)c2ccc(C(F)(F)F)cc2C1=O. The molecule has 0 bridgehead atoms. The van der Waals surface area contributed by atoms with Crippen molar-refractivity contribution in [3.63, 3.8) is 0 Å². The van der Waals surface area contributed by atoms with Crippen molar-refractivity contribution in [3.8, 4) is 0 Å². The van der Waals surface area contributed by atoms with E-state index >= 15 is 0 Å². The highest BCUT2D eigenvalue weighted by Crippen LogP contribution is 2.43. The van der Waals surface area contributed by atoms with Crippen LogP contribution in [0.15, 0.2) is 53.7 Å². The molecule has 3 rings (SSSR count). The third kappa shape index (κ3) is 2.73. The molecule has 0 fully saturated rings. The average molecular weight is 346 g/mol. The lowest BCUT2D eigenvalue weighted by Gasteiger charge is -2.19. The Labute approximate surface area is 139 Å². The number of Topliss-reactive ketones (excluding diaryl/α,β-unsaturated/α-hetero) is 1. The lowest BCUT2D eigenvalue weighted by atomic mass is 9.97. The fourth-order valence-corrected chi connectivity index (χ4v) is 4.97. The molecule has 124 valence electrons. The predicted molar refractivity (Wildman–Crippen MR) is 91.6 cm³/mol. The second-order valence-electron chi connectivity index (χ2n) is 6.95. The first kappa shape index (κ1) is 16.7. The lowest BCUT2D eigenvalue weighted by molar-refractivity contribution is -0.137. The van der Waals surface area contributed by atoms with Crippen molar-refractivity contribution in [1.82, 2.24) is 0 Å². The first-order chi connectivity index (χ1) is 11.1. The fraction of sp³-hybridized carbons (Fsp3) is 0.211. The van der Waals surface area contributed by atoms with Gasteiger partial charge in [0.2, 0.25) is 0 Å². The summed E-state index contributed by atoms with van der Waals surface area (Å²) in [6.45, 7) is 6.12. The van der Waals surface area contributed by atoms with Crippen molar-refractivity contribution < 1.29 is 18.0 Å². The molecule has 24 heavy (non-hydrogen) atoms. The molecule has 0 atom stereocenters. The standard InChI is InChI=1S/C19H17F3OSi/c1-24(2,3)18-16(12-7-5-4-6-8-12)14-10-9-13(19(20,21)22)11-15(14)17(18)23/h4-11H,1-3H3. The van der Waals surface area contributed by atoms with Gasteiger partial charge < -0.3 is 0 Å². The second-order valence-corrected chi connectivity index (χ2v) is 12.0. The molecule has 0 radical (unpaired) electrons. The quantitative estimate of drug-likeness (QED) is 0.649. The number of carbonyl (C=O) groups is 1. The van der Waals surface area contributed by atoms with Crippen LogP contribution in [0.25, 0.3) is 5.57 Å². The van der Waals surface area contributed by atoms with E-state index in [-0.39, 0.29) is 11.3 Å². The topological polar surface area (TPSA) is 17.1 Å². The van der Waals surface area contributed by atoms with Gasteiger partial charge in [0.25, 0.3) is 0 Å². The van der Waals surface area contributed by atoms with Gasteiger partial charge >= 0.3 is 6.18 Å². The maximum absolute atomic E-state index is 13.0. The normalized spacial score (nSPS) is 15.0. The third-order valence-corrected chi connectivity index (χ3v) is 6.13. The van der Waals surface area contributed by atoms with Gasteiger partial charge in [-0.1, -0.05) is 56.0 Å². The summed E-state index contributed by atoms with van der Waals surface area (Å²) in [4.78, 5) is 12.9. The van der Waals surface area contributed by atoms with E-state index in [1.54, 1.807) is 0 Å². The molecular formula is C19H17F3OSi. The van der Waals surface area contributed by atoms with Crippen molar-refractivity contribution in [2.24, 2.45) is 0 Å². The largest absolute Gasteiger partial charge is 0.416 e. The Morgan fingerprint density at radius 3 is 2.04 bits per heavy atom. The van der Waals surface area contributed by atoms with E-state index in [4.69, 9.17) is 0 Å². The Bertz CT molecular complexity index is 843. The lowest BCUT2D eigenvalue weighted by Crippen LogP contribution is -2.28. The number of benzene rings is 2. The zero-order valence-corrected chi connectivity index (χ0v) is 14.7. The van der Waals surface area contributed by atoms with Gasteiger partial charge in [-0.3, -0.25) is 4.79 Å². The minimum absolute atomic E-state index is 0.168. The van der Waals surface area contributed by atoms with Crippen LogP contribution in [0.4, 0.5) is 13.2 Å². The fourth-order valence-electron chi connectivity index (χ4n) is 3.13. The van der Waals surface area contributed by atoms with E-state index in [0.29, 0.717) is 10.8 Å². The molecule has 1 aliphatic rings. The van der Waals surface area contributed by atoms with Crippen LogP contribution in [0.3, 0.4) is 0 Å². The Balaban J connectivity index is 2.28. The number of carbonyl (C=O) groups excluding carboxylic acids is 1. The van der Waals surface area contributed by atoms with Crippen molar-refractivity contribution >= 4 is 19.4 Å². The molecule has 2 aromatic rings. The number of fused-ring (bicyclic) bond motifs is 1. The molecule has 0 amide bonds. The Morgan fingerprint density at radius 2 is 1.50 bits per heavy atom. The number of halogens is 3. The molecule has 0 aromatic heterocycles. The van der Waals surface area contributed by atoms with Gasteiger partial charge in [0.15, 0.2) is 5.78 Å². The molecule has 0 heterocycles. The molecular weight excluding hydrogens is 329 g/mol. The summed E-state index contributed by atoms with van der Waals surface area (Å²) in [6, 6.07) is 12.9. The highest BCUT2D eigenvalue weighted by Gasteiger charge is 2.40. The number of allylic oxidation sites excluding steroid dienone is 1. The van der Waals surface area contributed by atoms with Gasteiger partial charge in [0.1, 0.15) is 0 Å². The van der Waals surface area contributed by atoms with Gasteiger partial charge in [-0.25, -0.2) is 0 Å². The molecule has 0 spiro atoms. The van der Waals surface area contributed by atoms with Crippen molar-refractivity contribution in [2.45, 2.75) is 25.8 Å². The summed E-state index contributed by atoms with van der Waals surface area (Å²) in [5.74, 6) is -0.255. The molecule has 0 saturated heterocycles. The Kier molecular flexibility index (Phi) is 3.79. The van der Waals surface area contributed by atoms with Crippen LogP contribution < -0.4 is 0 Å². The summed E-state index contributed by atoms with van der Waals surface area (Å²) in [7, 11) is -2.05. The van der Waals surface area contributed by atoms with Crippen LogP contribution in [-0.2, 0) is 6.18 Å². The maximum atomic E-state index is 13.0. The molecule has 2 aromatic carbocycles. The zero-order chi connectivity index (χ0) is 17.7. The minimum Gasteiger partial charge on any atom is -0.289 e. The maximum Gasteiger partial charge on any atom is 0.416 e. The molecule has 0 unspecified atom stereocenters. The van der Waals surface area contributed by atoms with Gasteiger partial charge in [0.05, 0.1) is 13.6 Å². The van der Waals surface area contributed by atoms with Gasteiger partial charge in [0, 0.05) is 5.56 Å². The summed E-state index contributed by atoms with van der Waals surface area (Å²) in [6.07, 6.45) is -4.45. The monoisotopic (exact) mass is 346 g/mol. The van der Waals surface area contributed by atoms with Crippen molar-refractivity contribution in [2.75, 3.05) is 0 Å². The van der Waals surface area contributed by atoms with Crippen LogP contribution >= 0.6 is 0 Å². The van der Waals surface area contributed by atoms with E-state index in [1.807, 2.05) is 50.0 Å². The summed E-state index contributed by atoms with van der Waals surface area (Å²) >= 11 is 0. The highest BCUT2D eigenvalue weighted by atomic mass is 28.3. The smallest absolute Gasteiger partial charge is 0.289 e. The molecule has 5 heteroatoms. The Morgan fingerprint density at radius 1 is 0.875 bits per heavy atom. The van der Waals surface area contributed by atoms with Gasteiger partial charge in [-0.15, -0.1) is 0 Å². The van der Waals surface area contributed by atoms with E-state index in [9.17, 15) is 18.0 Å². The summed E-state index contributed by atoms with van der Waals surface area (Å²) < 4.78 is 39.1. The predicted octanol–water partition coefficient (Wildman–Crippen LogP) is 5.58. The van der Waals surface area contributed by atoms with E-state index in [0.717, 1.165) is 23.3 Å². The van der Waals surface area contributed by atoms with Crippen molar-refractivity contribution in [3.05, 3.63) is 76.0 Å². The van der Waals surface area contributed by atoms with Crippen LogP contribution in [-0.4, -0.2) is 13.9 Å². The number of alkyl halides is 3. The van der Waals surface area contributed by atoms with E-state index in [2.05, 4.69) is 0 Å². The second kappa shape index (κ2) is 5.45. The minimum atomic E-state index is -4.45. The van der Waals surface area contributed by atoms with Crippen LogP contribution in [0.2, 0.25) is 19.6 Å². The molecule has 1 nitrogen and oxygen atoms in total. The Hall–Kier alpha value is -2.14. The molecule has 0 N–H and O–H groups in total. The van der Waals surface area contributed by atoms with Gasteiger partial charge in [-0.2, -0.15) is 13.2 Å². The molecule has 1 aliphatic carbocycles. The van der Waals surface area contributed by atoms with E-state index in [1.165, 1.54) is 6.07 Å². The van der Waals surface area contributed by atoms with Crippen molar-refractivity contribution in [1.29, 1.82) is 0 Å². The number of hydrogen-bond donors (Lipinski definition) is 0. The van der Waals surface area contributed by atoms with Crippen LogP contribution in [0.1, 0.15) is 27.0 Å². The summed E-state index contributed by atoms with van der Waals surface area (Å²) in [5.41, 5.74) is 1.67. The zero-order valence-electron chi connectivity index (χ0n) is 13.7. The number of ketones is 1. The van der Waals surface area contributed by atoms with E-state index < -0.39 is 19.8 Å².